The average Bonchev–Trinajstić information content (AvgIpc) is 2.85. The molecule has 5 nitrogen and oxygen atoms in total. The van der Waals surface area contributed by atoms with Crippen LogP contribution in [0.5, 0.6) is 0 Å². The molecular formula is C13H17N5S. The van der Waals surface area contributed by atoms with Crippen molar-refractivity contribution in [2.45, 2.75) is 26.2 Å². The highest BCUT2D eigenvalue weighted by atomic mass is 32.1. The third-order valence-electron chi connectivity index (χ3n) is 3.38. The van der Waals surface area contributed by atoms with Crippen LogP contribution in [-0.4, -0.2) is 28.0 Å². The predicted octanol–water partition coefficient (Wildman–Crippen LogP) is 2.48. The van der Waals surface area contributed by atoms with Gasteiger partial charge in [0.15, 0.2) is 5.82 Å². The van der Waals surface area contributed by atoms with Gasteiger partial charge in [0.05, 0.1) is 0 Å². The van der Waals surface area contributed by atoms with Crippen LogP contribution < -0.4 is 10.6 Å². The van der Waals surface area contributed by atoms with E-state index in [-0.39, 0.29) is 0 Å². The minimum atomic E-state index is 0.302. The molecular weight excluding hydrogens is 258 g/mol. The van der Waals surface area contributed by atoms with Crippen molar-refractivity contribution in [2.75, 3.05) is 23.7 Å². The molecule has 0 atom stereocenters. The lowest BCUT2D eigenvalue weighted by Crippen LogP contribution is -2.31. The molecule has 3 rings (SSSR count). The Morgan fingerprint density at radius 2 is 1.95 bits per heavy atom. The van der Waals surface area contributed by atoms with Crippen molar-refractivity contribution in [3.8, 4) is 11.4 Å². The Balaban J connectivity index is 1.98. The van der Waals surface area contributed by atoms with E-state index in [1.54, 1.807) is 11.3 Å². The van der Waals surface area contributed by atoms with Crippen molar-refractivity contribution in [2.24, 2.45) is 0 Å². The van der Waals surface area contributed by atoms with E-state index >= 15 is 0 Å². The molecule has 1 aliphatic rings. The highest BCUT2D eigenvalue weighted by molar-refractivity contribution is 7.10. The van der Waals surface area contributed by atoms with Crippen LogP contribution in [0.15, 0.2) is 11.4 Å². The zero-order chi connectivity index (χ0) is 13.2. The number of piperidine rings is 1. The van der Waals surface area contributed by atoms with Gasteiger partial charge in [-0.15, -0.1) is 11.3 Å². The molecule has 2 aromatic heterocycles. The highest BCUT2D eigenvalue weighted by Gasteiger charge is 2.16. The van der Waals surface area contributed by atoms with E-state index in [1.807, 2.05) is 11.4 Å². The fraction of sp³-hybridized carbons (Fsp3) is 0.462. The molecule has 6 heteroatoms. The van der Waals surface area contributed by atoms with Crippen LogP contribution in [0.4, 0.5) is 11.9 Å². The fourth-order valence-electron chi connectivity index (χ4n) is 2.35. The molecule has 19 heavy (non-hydrogen) atoms. The summed E-state index contributed by atoms with van der Waals surface area (Å²) in [6.07, 6.45) is 3.67. The van der Waals surface area contributed by atoms with Gasteiger partial charge in [-0.25, -0.2) is 0 Å². The number of aryl methyl sites for hydroxylation is 1. The van der Waals surface area contributed by atoms with E-state index in [0.29, 0.717) is 17.7 Å². The molecule has 0 spiro atoms. The van der Waals surface area contributed by atoms with Crippen LogP contribution >= 0.6 is 11.3 Å². The smallest absolute Gasteiger partial charge is 0.230 e. The van der Waals surface area contributed by atoms with Gasteiger partial charge >= 0.3 is 0 Å². The van der Waals surface area contributed by atoms with Gasteiger partial charge < -0.3 is 10.6 Å². The van der Waals surface area contributed by atoms with E-state index in [0.717, 1.165) is 18.7 Å². The summed E-state index contributed by atoms with van der Waals surface area (Å²) in [7, 11) is 0. The van der Waals surface area contributed by atoms with Crippen LogP contribution in [0.1, 0.15) is 24.1 Å². The zero-order valence-corrected chi connectivity index (χ0v) is 11.8. The maximum Gasteiger partial charge on any atom is 0.230 e. The van der Waals surface area contributed by atoms with Crippen LogP contribution in [0.25, 0.3) is 11.4 Å². The van der Waals surface area contributed by atoms with Gasteiger partial charge in [-0.3, -0.25) is 0 Å². The quantitative estimate of drug-likeness (QED) is 0.912. The Morgan fingerprint density at radius 3 is 2.63 bits per heavy atom. The Kier molecular flexibility index (Phi) is 3.33. The van der Waals surface area contributed by atoms with E-state index < -0.39 is 0 Å². The molecule has 100 valence electrons. The predicted molar refractivity (Wildman–Crippen MR) is 78.4 cm³/mol. The van der Waals surface area contributed by atoms with Crippen LogP contribution in [0.2, 0.25) is 0 Å². The second kappa shape index (κ2) is 5.13. The maximum atomic E-state index is 5.84. The van der Waals surface area contributed by atoms with E-state index in [2.05, 4.69) is 26.8 Å². The maximum absolute atomic E-state index is 5.84. The van der Waals surface area contributed by atoms with Gasteiger partial charge in [-0.1, -0.05) is 0 Å². The number of rotatable bonds is 2. The summed E-state index contributed by atoms with van der Waals surface area (Å²) in [4.78, 5) is 16.5. The first kappa shape index (κ1) is 12.3. The van der Waals surface area contributed by atoms with Gasteiger partial charge in [0, 0.05) is 23.5 Å². The standard InChI is InChI=1S/C13H17N5S/c1-9-10(5-8-19-9)11-15-12(14)17-13(16-11)18-6-3-2-4-7-18/h5,8H,2-4,6-7H2,1H3,(H2,14,15,16,17). The lowest BCUT2D eigenvalue weighted by Gasteiger charge is -2.26. The van der Waals surface area contributed by atoms with Gasteiger partial charge in [-0.2, -0.15) is 15.0 Å². The van der Waals surface area contributed by atoms with Gasteiger partial charge in [0.1, 0.15) is 0 Å². The molecule has 0 amide bonds. The molecule has 0 aliphatic carbocycles. The Morgan fingerprint density at radius 1 is 1.16 bits per heavy atom. The van der Waals surface area contributed by atoms with E-state index in [1.165, 1.54) is 24.1 Å². The first-order chi connectivity index (χ1) is 9.24. The largest absolute Gasteiger partial charge is 0.368 e. The lowest BCUT2D eigenvalue weighted by molar-refractivity contribution is 0.568. The summed E-state index contributed by atoms with van der Waals surface area (Å²) < 4.78 is 0. The van der Waals surface area contributed by atoms with E-state index in [4.69, 9.17) is 5.73 Å². The van der Waals surface area contributed by atoms with Crippen molar-refractivity contribution in [1.82, 2.24) is 15.0 Å². The monoisotopic (exact) mass is 275 g/mol. The summed E-state index contributed by atoms with van der Waals surface area (Å²) in [5.41, 5.74) is 6.89. The molecule has 0 aromatic carbocycles. The molecule has 0 saturated carbocycles. The Bertz CT molecular complexity index is 574. The van der Waals surface area contributed by atoms with Gasteiger partial charge in [0.25, 0.3) is 0 Å². The minimum Gasteiger partial charge on any atom is -0.368 e. The van der Waals surface area contributed by atoms with Crippen molar-refractivity contribution in [3.63, 3.8) is 0 Å². The van der Waals surface area contributed by atoms with Crippen molar-refractivity contribution in [1.29, 1.82) is 0 Å². The SMILES string of the molecule is Cc1sccc1-c1nc(N)nc(N2CCCCC2)n1. The molecule has 0 unspecified atom stereocenters. The van der Waals surface area contributed by atoms with Crippen LogP contribution in [0, 0.1) is 6.92 Å². The second-order valence-corrected chi connectivity index (χ2v) is 5.88. The second-order valence-electron chi connectivity index (χ2n) is 4.76. The Hall–Kier alpha value is -1.69. The Labute approximate surface area is 116 Å². The van der Waals surface area contributed by atoms with Crippen molar-refractivity contribution < 1.29 is 0 Å². The molecule has 2 N–H and O–H groups in total. The lowest BCUT2D eigenvalue weighted by atomic mass is 10.1. The van der Waals surface area contributed by atoms with Gasteiger partial charge in [0.2, 0.25) is 11.9 Å². The molecule has 2 aromatic rings. The molecule has 0 radical (unpaired) electrons. The summed E-state index contributed by atoms with van der Waals surface area (Å²) in [6.45, 7) is 4.08. The van der Waals surface area contributed by atoms with Crippen LogP contribution in [-0.2, 0) is 0 Å². The van der Waals surface area contributed by atoms with Crippen molar-refractivity contribution >= 4 is 23.2 Å². The number of thiophene rings is 1. The number of anilines is 2. The van der Waals surface area contributed by atoms with E-state index in [9.17, 15) is 0 Å². The number of nitrogens with zero attached hydrogens (tertiary/aromatic N) is 4. The third kappa shape index (κ3) is 2.53. The molecule has 3 heterocycles. The molecule has 1 fully saturated rings. The number of hydrogen-bond acceptors (Lipinski definition) is 6. The molecule has 1 aliphatic heterocycles. The average molecular weight is 275 g/mol. The fourth-order valence-corrected chi connectivity index (χ4v) is 3.05. The summed E-state index contributed by atoms with van der Waals surface area (Å²) in [5.74, 6) is 1.70. The first-order valence-electron chi connectivity index (χ1n) is 6.55. The summed E-state index contributed by atoms with van der Waals surface area (Å²) >= 11 is 1.69. The summed E-state index contributed by atoms with van der Waals surface area (Å²) in [5, 5.41) is 2.05. The molecule has 0 bridgehead atoms. The van der Waals surface area contributed by atoms with Crippen LogP contribution in [0.3, 0.4) is 0 Å². The third-order valence-corrected chi connectivity index (χ3v) is 4.23. The summed E-state index contributed by atoms with van der Waals surface area (Å²) in [6, 6.07) is 2.04. The zero-order valence-electron chi connectivity index (χ0n) is 11.0. The number of nitrogens with two attached hydrogens (primary N) is 1. The topological polar surface area (TPSA) is 67.9 Å². The highest BCUT2D eigenvalue weighted by Crippen LogP contribution is 2.26. The molecule has 1 saturated heterocycles. The number of aromatic nitrogens is 3. The number of hydrogen-bond donors (Lipinski definition) is 1. The first-order valence-corrected chi connectivity index (χ1v) is 7.43. The van der Waals surface area contributed by atoms with Gasteiger partial charge in [-0.05, 0) is 37.6 Å². The number of nitrogen functional groups attached to an aromatic ring is 1. The van der Waals surface area contributed by atoms with Crippen molar-refractivity contribution in [3.05, 3.63) is 16.3 Å². The normalized spacial score (nSPS) is 15.7. The minimum absolute atomic E-state index is 0.302.